The highest BCUT2D eigenvalue weighted by molar-refractivity contribution is 6.27. The summed E-state index contributed by atoms with van der Waals surface area (Å²) in [6.07, 6.45) is 4.27. The highest BCUT2D eigenvalue weighted by atomic mass is 19.4. The predicted octanol–water partition coefficient (Wildman–Crippen LogP) is 5.24. The molecule has 3 heterocycles. The molecule has 1 atom stereocenters. The van der Waals surface area contributed by atoms with Crippen molar-refractivity contribution in [2.24, 2.45) is 16.6 Å². The molecule has 1 aliphatic rings. The zero-order valence-corrected chi connectivity index (χ0v) is 23.0. The number of benzene rings is 1. The highest BCUT2D eigenvalue weighted by Gasteiger charge is 2.40. The van der Waals surface area contributed by atoms with Crippen LogP contribution in [0.25, 0.3) is 11.2 Å². The molecule has 41 heavy (non-hydrogen) atoms. The van der Waals surface area contributed by atoms with Crippen molar-refractivity contribution >= 4 is 34.4 Å². The van der Waals surface area contributed by atoms with Gasteiger partial charge < -0.3 is 5.73 Å². The summed E-state index contributed by atoms with van der Waals surface area (Å²) in [6.45, 7) is 3.61. The summed E-state index contributed by atoms with van der Waals surface area (Å²) in [5.74, 6) is -0.584. The molecule has 0 fully saturated rings. The summed E-state index contributed by atoms with van der Waals surface area (Å²) >= 11 is 0. The zero-order valence-electron chi connectivity index (χ0n) is 23.0. The number of fused-ring (bicyclic) bond motifs is 1. The van der Waals surface area contributed by atoms with Gasteiger partial charge in [-0.2, -0.15) is 13.2 Å². The van der Waals surface area contributed by atoms with Crippen LogP contribution in [-0.2, 0) is 16.0 Å². The number of nitrogens with zero attached hydrogens (tertiary/aromatic N) is 4. The second kappa shape index (κ2) is 12.6. The predicted molar refractivity (Wildman–Crippen MR) is 149 cm³/mol. The van der Waals surface area contributed by atoms with E-state index in [1.54, 1.807) is 23.6 Å². The molecule has 2 N–H and O–H groups in total. The van der Waals surface area contributed by atoms with Crippen LogP contribution >= 0.6 is 0 Å². The van der Waals surface area contributed by atoms with Gasteiger partial charge in [0.05, 0.1) is 24.1 Å². The molecule has 8 nitrogen and oxygen atoms in total. The minimum absolute atomic E-state index is 0.00261. The molecule has 11 heteroatoms. The molecule has 4 rings (SSSR count). The normalized spacial score (nSPS) is 14.2. The van der Waals surface area contributed by atoms with Crippen LogP contribution < -0.4 is 5.73 Å². The van der Waals surface area contributed by atoms with Gasteiger partial charge in [0.25, 0.3) is 0 Å². The lowest BCUT2D eigenvalue weighted by Crippen LogP contribution is -2.23. The van der Waals surface area contributed by atoms with Gasteiger partial charge in [0.2, 0.25) is 5.91 Å². The fraction of sp³-hybridized carbons (Fsp3) is 0.400. The van der Waals surface area contributed by atoms with Gasteiger partial charge in [0.15, 0.2) is 11.4 Å². The molecule has 1 aliphatic heterocycles. The maximum atomic E-state index is 13.4. The van der Waals surface area contributed by atoms with Crippen LogP contribution in [0.1, 0.15) is 78.3 Å². The van der Waals surface area contributed by atoms with Crippen molar-refractivity contribution in [3.63, 3.8) is 0 Å². The van der Waals surface area contributed by atoms with E-state index in [0.29, 0.717) is 61.1 Å². The lowest BCUT2D eigenvalue weighted by molar-refractivity contribution is -0.123. The Morgan fingerprint density at radius 2 is 1.85 bits per heavy atom. The van der Waals surface area contributed by atoms with Gasteiger partial charge in [-0.3, -0.25) is 28.8 Å². The topological polar surface area (TPSA) is 120 Å². The van der Waals surface area contributed by atoms with Crippen molar-refractivity contribution in [1.82, 2.24) is 14.4 Å². The number of unbranched alkanes of at least 4 members (excludes halogenated alkanes) is 1. The fourth-order valence-corrected chi connectivity index (χ4v) is 5.00. The van der Waals surface area contributed by atoms with E-state index in [9.17, 15) is 27.6 Å². The SMILES string of the molecule is Cc1cc(Cc2nccn3c(C4=CCN=C4C(F)(F)F)cnc23)ccc1C(=O)CCCCC(=O)[C@@H](C)CCC(N)=O. The molecule has 0 spiro atoms. The second-order valence-electron chi connectivity index (χ2n) is 10.3. The number of hydrogen-bond donors (Lipinski definition) is 1. The first-order chi connectivity index (χ1) is 19.5. The average molecular weight is 568 g/mol. The number of halogens is 3. The quantitative estimate of drug-likeness (QED) is 0.224. The van der Waals surface area contributed by atoms with E-state index in [1.165, 1.54) is 18.5 Å². The first-order valence-corrected chi connectivity index (χ1v) is 13.5. The van der Waals surface area contributed by atoms with Gasteiger partial charge in [-0.15, -0.1) is 0 Å². The summed E-state index contributed by atoms with van der Waals surface area (Å²) in [5.41, 5.74) is 7.88. The minimum Gasteiger partial charge on any atom is -0.370 e. The van der Waals surface area contributed by atoms with Crippen molar-refractivity contribution in [1.29, 1.82) is 0 Å². The Balaban J connectivity index is 1.38. The van der Waals surface area contributed by atoms with Crippen LogP contribution in [0.4, 0.5) is 13.2 Å². The Labute approximate surface area is 235 Å². The molecule has 0 saturated heterocycles. The maximum absolute atomic E-state index is 13.4. The fourth-order valence-electron chi connectivity index (χ4n) is 5.00. The standard InChI is InChI=1S/C30H32F3N5O3/c1-18(7-10-27(34)41)25(39)5-3-4-6-26(40)21-9-8-20(15-19(21)2)16-23-29-37-17-24(38(29)14-13-35-23)22-11-12-36-28(22)30(31,32)33/h8-9,11,13-15,17-18H,3-7,10,12,16H2,1-2H3,(H2,34,41)/t18-/m0/s1. The first-order valence-electron chi connectivity index (χ1n) is 13.5. The van der Waals surface area contributed by atoms with Gasteiger partial charge in [0, 0.05) is 55.1 Å². The van der Waals surface area contributed by atoms with E-state index < -0.39 is 17.8 Å². The van der Waals surface area contributed by atoms with E-state index >= 15 is 0 Å². The number of primary amides is 1. The number of alkyl halides is 3. The summed E-state index contributed by atoms with van der Waals surface area (Å²) < 4.78 is 41.9. The van der Waals surface area contributed by atoms with Crippen LogP contribution in [0.5, 0.6) is 0 Å². The molecule has 0 aliphatic carbocycles. The molecule has 1 amide bonds. The molecular formula is C30H32F3N5O3. The van der Waals surface area contributed by atoms with Crippen molar-refractivity contribution < 1.29 is 27.6 Å². The number of imidazole rings is 1. The minimum atomic E-state index is -4.55. The monoisotopic (exact) mass is 567 g/mol. The molecular weight excluding hydrogens is 535 g/mol. The van der Waals surface area contributed by atoms with Gasteiger partial charge in [-0.25, -0.2) is 4.98 Å². The number of allylic oxidation sites excluding steroid dienone is 1. The number of aromatic nitrogens is 3. The molecule has 0 radical (unpaired) electrons. The summed E-state index contributed by atoms with van der Waals surface area (Å²) in [6, 6.07) is 5.52. The number of amides is 1. The number of hydrogen-bond acceptors (Lipinski definition) is 6. The Morgan fingerprint density at radius 1 is 1.10 bits per heavy atom. The lowest BCUT2D eigenvalue weighted by Gasteiger charge is -2.11. The smallest absolute Gasteiger partial charge is 0.370 e. The van der Waals surface area contributed by atoms with E-state index in [-0.39, 0.29) is 36.0 Å². The van der Waals surface area contributed by atoms with Crippen molar-refractivity contribution in [2.45, 2.75) is 65.0 Å². The molecule has 1 aromatic carbocycles. The third kappa shape index (κ3) is 7.14. The second-order valence-corrected chi connectivity index (χ2v) is 10.3. The van der Waals surface area contributed by atoms with Crippen molar-refractivity contribution in [3.05, 3.63) is 70.9 Å². The Bertz CT molecular complexity index is 1540. The Kier molecular flexibility index (Phi) is 9.14. The number of aryl methyl sites for hydroxylation is 1. The third-order valence-corrected chi connectivity index (χ3v) is 7.26. The summed E-state index contributed by atoms with van der Waals surface area (Å²) in [4.78, 5) is 48.3. The van der Waals surface area contributed by atoms with Crippen LogP contribution in [0.3, 0.4) is 0 Å². The molecule has 3 aromatic rings. The van der Waals surface area contributed by atoms with Gasteiger partial charge in [0.1, 0.15) is 11.5 Å². The molecule has 0 saturated carbocycles. The number of ketones is 2. The molecule has 0 bridgehead atoms. The van der Waals surface area contributed by atoms with Crippen molar-refractivity contribution in [2.75, 3.05) is 6.54 Å². The lowest BCUT2D eigenvalue weighted by atomic mass is 9.94. The van der Waals surface area contributed by atoms with Gasteiger partial charge >= 0.3 is 6.18 Å². The van der Waals surface area contributed by atoms with Crippen LogP contribution in [-0.4, -0.2) is 50.3 Å². The average Bonchev–Trinajstić information content (AvgIpc) is 3.57. The summed E-state index contributed by atoms with van der Waals surface area (Å²) in [5, 5.41) is 0. The number of carbonyl (C=O) groups excluding carboxylic acids is 3. The van der Waals surface area contributed by atoms with E-state index in [0.717, 1.165) is 11.1 Å². The molecule has 0 unspecified atom stereocenters. The zero-order chi connectivity index (χ0) is 29.7. The maximum Gasteiger partial charge on any atom is 0.433 e. The Morgan fingerprint density at radius 3 is 2.56 bits per heavy atom. The van der Waals surface area contributed by atoms with Crippen molar-refractivity contribution in [3.8, 4) is 0 Å². The van der Waals surface area contributed by atoms with Gasteiger partial charge in [-0.05, 0) is 37.3 Å². The van der Waals surface area contributed by atoms with E-state index in [2.05, 4.69) is 15.0 Å². The van der Waals surface area contributed by atoms with Crippen LogP contribution in [0, 0.1) is 12.8 Å². The van der Waals surface area contributed by atoms with Gasteiger partial charge in [-0.1, -0.05) is 31.2 Å². The van der Waals surface area contributed by atoms with Crippen LogP contribution in [0.15, 0.2) is 47.9 Å². The molecule has 216 valence electrons. The van der Waals surface area contributed by atoms with E-state index in [4.69, 9.17) is 5.73 Å². The third-order valence-electron chi connectivity index (χ3n) is 7.26. The molecule has 2 aromatic heterocycles. The largest absolute Gasteiger partial charge is 0.433 e. The highest BCUT2D eigenvalue weighted by Crippen LogP contribution is 2.32. The number of Topliss-reactive ketones (excluding diaryl/α,β-unsaturated/α-hetero) is 2. The number of rotatable bonds is 13. The van der Waals surface area contributed by atoms with E-state index in [1.807, 2.05) is 19.1 Å². The first kappa shape index (κ1) is 29.8. The number of nitrogens with two attached hydrogens (primary N) is 1. The Hall–Kier alpha value is -4.15. The van der Waals surface area contributed by atoms with Crippen LogP contribution in [0.2, 0.25) is 0 Å². The summed E-state index contributed by atoms with van der Waals surface area (Å²) in [7, 11) is 0. The number of carbonyl (C=O) groups is 3. The number of aliphatic imine (C=N–C) groups is 1.